The van der Waals surface area contributed by atoms with E-state index in [-0.39, 0.29) is 11.4 Å². The molecule has 1 rings (SSSR count). The van der Waals surface area contributed by atoms with E-state index in [1.54, 1.807) is 0 Å². The van der Waals surface area contributed by atoms with Gasteiger partial charge in [-0.3, -0.25) is 0 Å². The minimum atomic E-state index is -3.36. The molecule has 1 aliphatic heterocycles. The molecule has 3 N–H and O–H groups in total. The molecule has 0 saturated carbocycles. The summed E-state index contributed by atoms with van der Waals surface area (Å²) in [6, 6.07) is 0.338. The van der Waals surface area contributed by atoms with Crippen LogP contribution in [-0.2, 0) is 14.8 Å². The van der Waals surface area contributed by atoms with Crippen LogP contribution in [0.4, 0.5) is 0 Å². The van der Waals surface area contributed by atoms with Gasteiger partial charge in [0.15, 0.2) is 0 Å². The van der Waals surface area contributed by atoms with E-state index in [2.05, 4.69) is 19.2 Å². The Morgan fingerprint density at radius 2 is 2.06 bits per heavy atom. The van der Waals surface area contributed by atoms with E-state index in [4.69, 9.17) is 9.88 Å². The van der Waals surface area contributed by atoms with Gasteiger partial charge in [-0.25, -0.2) is 13.6 Å². The first-order chi connectivity index (χ1) is 7.91. The molecule has 0 amide bonds. The highest BCUT2D eigenvalue weighted by atomic mass is 32.2. The monoisotopic (exact) mass is 264 g/mol. The predicted molar refractivity (Wildman–Crippen MR) is 68.3 cm³/mol. The van der Waals surface area contributed by atoms with Crippen LogP contribution in [0.1, 0.15) is 39.5 Å². The summed E-state index contributed by atoms with van der Waals surface area (Å²) in [7, 11) is -3.36. The van der Waals surface area contributed by atoms with E-state index in [0.717, 1.165) is 32.3 Å². The molecular formula is C11H24N2O3S. The Morgan fingerprint density at radius 1 is 1.41 bits per heavy atom. The third kappa shape index (κ3) is 4.91. The predicted octanol–water partition coefficient (Wildman–Crippen LogP) is 0.602. The highest BCUT2D eigenvalue weighted by Crippen LogP contribution is 2.31. The average Bonchev–Trinajstić information content (AvgIpc) is 2.27. The second-order valence-corrected chi connectivity index (χ2v) is 6.48. The van der Waals surface area contributed by atoms with Crippen molar-refractivity contribution in [1.29, 1.82) is 0 Å². The highest BCUT2D eigenvalue weighted by molar-refractivity contribution is 7.89. The van der Waals surface area contributed by atoms with Crippen LogP contribution < -0.4 is 10.5 Å². The van der Waals surface area contributed by atoms with Crippen LogP contribution in [0.15, 0.2) is 0 Å². The fourth-order valence-electron chi connectivity index (χ4n) is 2.35. The lowest BCUT2D eigenvalue weighted by atomic mass is 9.86. The number of nitrogens with one attached hydrogen (secondary N) is 1. The number of hydrogen-bond donors (Lipinski definition) is 2. The lowest BCUT2D eigenvalue weighted by molar-refractivity contribution is -0.0927. The maximum atomic E-state index is 10.8. The van der Waals surface area contributed by atoms with E-state index in [1.807, 2.05) is 0 Å². The van der Waals surface area contributed by atoms with Crippen molar-refractivity contribution >= 4 is 10.0 Å². The van der Waals surface area contributed by atoms with Gasteiger partial charge in [-0.2, -0.15) is 0 Å². The number of primary sulfonamides is 1. The first-order valence-electron chi connectivity index (χ1n) is 6.28. The summed E-state index contributed by atoms with van der Waals surface area (Å²) >= 11 is 0. The van der Waals surface area contributed by atoms with Crippen molar-refractivity contribution in [3.63, 3.8) is 0 Å². The van der Waals surface area contributed by atoms with E-state index >= 15 is 0 Å². The molecule has 6 heteroatoms. The average molecular weight is 264 g/mol. The van der Waals surface area contributed by atoms with Crippen molar-refractivity contribution < 1.29 is 13.2 Å². The Kier molecular flexibility index (Phi) is 5.37. The maximum absolute atomic E-state index is 10.8. The SMILES string of the molecule is CCC1(CC)CC(NCCS(N)(=O)=O)CCO1. The Balaban J connectivity index is 2.40. The molecular weight excluding hydrogens is 240 g/mol. The van der Waals surface area contributed by atoms with Gasteiger partial charge in [-0.1, -0.05) is 13.8 Å². The van der Waals surface area contributed by atoms with Crippen LogP contribution in [0.3, 0.4) is 0 Å². The molecule has 0 aromatic rings. The van der Waals surface area contributed by atoms with E-state index < -0.39 is 10.0 Å². The fraction of sp³-hybridized carbons (Fsp3) is 1.00. The topological polar surface area (TPSA) is 81.4 Å². The van der Waals surface area contributed by atoms with Crippen molar-refractivity contribution in [2.24, 2.45) is 5.14 Å². The second-order valence-electron chi connectivity index (χ2n) is 4.75. The second kappa shape index (κ2) is 6.13. The molecule has 0 aromatic heterocycles. The van der Waals surface area contributed by atoms with Crippen LogP contribution in [0, 0.1) is 0 Å². The van der Waals surface area contributed by atoms with E-state index in [9.17, 15) is 8.42 Å². The summed E-state index contributed by atoms with van der Waals surface area (Å²) in [6.45, 7) is 5.44. The Labute approximate surface area is 104 Å². The first-order valence-corrected chi connectivity index (χ1v) is 8.00. The van der Waals surface area contributed by atoms with Crippen molar-refractivity contribution in [3.05, 3.63) is 0 Å². The highest BCUT2D eigenvalue weighted by Gasteiger charge is 2.34. The Bertz CT molecular complexity index is 326. The van der Waals surface area contributed by atoms with E-state index in [1.165, 1.54) is 0 Å². The minimum absolute atomic E-state index is 0.00436. The normalized spacial score (nSPS) is 24.8. The molecule has 0 spiro atoms. The number of nitrogens with two attached hydrogens (primary N) is 1. The zero-order valence-corrected chi connectivity index (χ0v) is 11.6. The summed E-state index contributed by atoms with van der Waals surface area (Å²) in [5, 5.41) is 8.23. The van der Waals surface area contributed by atoms with Crippen molar-refractivity contribution in [3.8, 4) is 0 Å². The van der Waals surface area contributed by atoms with Crippen molar-refractivity contribution in [2.75, 3.05) is 18.9 Å². The van der Waals surface area contributed by atoms with Gasteiger partial charge in [-0.15, -0.1) is 0 Å². The smallest absolute Gasteiger partial charge is 0.210 e. The number of ether oxygens (including phenoxy) is 1. The molecule has 0 bridgehead atoms. The molecule has 17 heavy (non-hydrogen) atoms. The van der Waals surface area contributed by atoms with Gasteiger partial charge in [-0.05, 0) is 25.7 Å². The Morgan fingerprint density at radius 3 is 2.59 bits per heavy atom. The lowest BCUT2D eigenvalue weighted by Crippen LogP contribution is -2.47. The lowest BCUT2D eigenvalue weighted by Gasteiger charge is -2.40. The third-order valence-electron chi connectivity index (χ3n) is 3.60. The summed E-state index contributed by atoms with van der Waals surface area (Å²) < 4.78 is 27.5. The van der Waals surface area contributed by atoms with Crippen LogP contribution in [0.2, 0.25) is 0 Å². The number of hydrogen-bond acceptors (Lipinski definition) is 4. The molecule has 1 saturated heterocycles. The van der Waals surface area contributed by atoms with Gasteiger partial charge in [0.1, 0.15) is 0 Å². The molecule has 0 radical (unpaired) electrons. The van der Waals surface area contributed by atoms with Gasteiger partial charge < -0.3 is 10.1 Å². The van der Waals surface area contributed by atoms with Crippen molar-refractivity contribution in [1.82, 2.24) is 5.32 Å². The summed E-state index contributed by atoms with van der Waals surface area (Å²) in [6.07, 6.45) is 3.88. The summed E-state index contributed by atoms with van der Waals surface area (Å²) in [5.41, 5.74) is -0.0303. The van der Waals surface area contributed by atoms with Crippen molar-refractivity contribution in [2.45, 2.75) is 51.2 Å². The zero-order chi connectivity index (χ0) is 12.9. The van der Waals surface area contributed by atoms with E-state index in [0.29, 0.717) is 12.6 Å². The minimum Gasteiger partial charge on any atom is -0.375 e. The molecule has 1 fully saturated rings. The van der Waals surface area contributed by atoms with Gasteiger partial charge >= 0.3 is 0 Å². The largest absolute Gasteiger partial charge is 0.375 e. The van der Waals surface area contributed by atoms with Gasteiger partial charge in [0.25, 0.3) is 0 Å². The van der Waals surface area contributed by atoms with Crippen LogP contribution in [0.25, 0.3) is 0 Å². The number of sulfonamides is 1. The van der Waals surface area contributed by atoms with Crippen LogP contribution in [0.5, 0.6) is 0 Å². The molecule has 0 aromatic carbocycles. The number of rotatable bonds is 6. The molecule has 0 aliphatic carbocycles. The zero-order valence-electron chi connectivity index (χ0n) is 10.7. The third-order valence-corrected chi connectivity index (χ3v) is 4.37. The maximum Gasteiger partial charge on any atom is 0.210 e. The first kappa shape index (κ1) is 14.9. The molecule has 5 nitrogen and oxygen atoms in total. The van der Waals surface area contributed by atoms with Gasteiger partial charge in [0.2, 0.25) is 10.0 Å². The molecule has 1 aliphatic rings. The Hall–Kier alpha value is -0.170. The van der Waals surface area contributed by atoms with Gasteiger partial charge in [0.05, 0.1) is 11.4 Å². The summed E-state index contributed by atoms with van der Waals surface area (Å²) in [4.78, 5) is 0. The molecule has 1 unspecified atom stereocenters. The fourth-order valence-corrected chi connectivity index (χ4v) is 2.75. The molecule has 1 heterocycles. The molecule has 102 valence electrons. The standard InChI is InChI=1S/C11H24N2O3S/c1-3-11(4-2)9-10(5-7-16-11)13-6-8-17(12,14)15/h10,13H,3-9H2,1-2H3,(H2,12,14,15). The quantitative estimate of drug-likeness (QED) is 0.736. The van der Waals surface area contributed by atoms with Crippen LogP contribution in [-0.4, -0.2) is 39.0 Å². The molecule has 1 atom stereocenters. The van der Waals surface area contributed by atoms with Gasteiger partial charge in [0, 0.05) is 19.2 Å². The summed E-state index contributed by atoms with van der Waals surface area (Å²) in [5.74, 6) is -0.00436. The van der Waals surface area contributed by atoms with Crippen LogP contribution >= 0.6 is 0 Å².